The lowest BCUT2D eigenvalue weighted by Gasteiger charge is -2.09. The molecule has 0 spiro atoms. The van der Waals surface area contributed by atoms with E-state index in [1.54, 1.807) is 12.4 Å². The van der Waals surface area contributed by atoms with Gasteiger partial charge in [0.05, 0.1) is 28.6 Å². The van der Waals surface area contributed by atoms with E-state index in [0.29, 0.717) is 0 Å². The average Bonchev–Trinajstić information content (AvgIpc) is 3.51. The fourth-order valence-corrected chi connectivity index (χ4v) is 3.85. The van der Waals surface area contributed by atoms with Crippen LogP contribution in [0.4, 0.5) is 0 Å². The van der Waals surface area contributed by atoms with Crippen molar-refractivity contribution >= 4 is 11.0 Å². The molecule has 0 amide bonds. The first kappa shape index (κ1) is 18.2. The van der Waals surface area contributed by atoms with Crippen LogP contribution in [0.25, 0.3) is 45.2 Å². The normalized spacial score (nSPS) is 11.1. The van der Waals surface area contributed by atoms with Crippen LogP contribution in [0, 0.1) is 0 Å². The van der Waals surface area contributed by atoms with Crippen molar-refractivity contribution in [3.8, 4) is 34.2 Å². The van der Waals surface area contributed by atoms with E-state index >= 15 is 0 Å². The SMILES string of the molecule is c1ccc(-c2cn(-c3cccnc3)c(-c3ccc(-n4cnc5ccccc54)cc3)n2)nc1. The minimum Gasteiger partial charge on any atom is -0.299 e. The summed E-state index contributed by atoms with van der Waals surface area (Å²) in [5.74, 6) is 0.834. The van der Waals surface area contributed by atoms with E-state index in [0.717, 1.165) is 45.2 Å². The molecule has 4 heterocycles. The van der Waals surface area contributed by atoms with Crippen molar-refractivity contribution in [2.75, 3.05) is 0 Å². The van der Waals surface area contributed by atoms with Gasteiger partial charge in [-0.05, 0) is 60.7 Å². The zero-order chi connectivity index (χ0) is 21.3. The Hall–Kier alpha value is -4.58. The molecule has 6 heteroatoms. The van der Waals surface area contributed by atoms with Gasteiger partial charge in [-0.2, -0.15) is 0 Å². The Labute approximate surface area is 184 Å². The maximum absolute atomic E-state index is 4.92. The summed E-state index contributed by atoms with van der Waals surface area (Å²) in [6.07, 6.45) is 9.24. The monoisotopic (exact) mass is 414 g/mol. The van der Waals surface area contributed by atoms with Gasteiger partial charge < -0.3 is 0 Å². The van der Waals surface area contributed by atoms with Crippen molar-refractivity contribution in [2.45, 2.75) is 0 Å². The van der Waals surface area contributed by atoms with Gasteiger partial charge in [0.2, 0.25) is 0 Å². The highest BCUT2D eigenvalue weighted by molar-refractivity contribution is 5.77. The third kappa shape index (κ3) is 3.15. The molecular formula is C26H18N6. The van der Waals surface area contributed by atoms with Gasteiger partial charge in [0.1, 0.15) is 17.8 Å². The summed E-state index contributed by atoms with van der Waals surface area (Å²) >= 11 is 0. The molecule has 0 N–H and O–H groups in total. The lowest BCUT2D eigenvalue weighted by molar-refractivity contribution is 1.05. The van der Waals surface area contributed by atoms with E-state index in [-0.39, 0.29) is 0 Å². The van der Waals surface area contributed by atoms with Crippen LogP contribution in [0.1, 0.15) is 0 Å². The molecule has 0 unspecified atom stereocenters. The third-order valence-corrected chi connectivity index (χ3v) is 5.41. The van der Waals surface area contributed by atoms with Crippen LogP contribution in [0.15, 0.2) is 110 Å². The highest BCUT2D eigenvalue weighted by Gasteiger charge is 2.14. The minimum atomic E-state index is 0.814. The number of imidazole rings is 2. The Morgan fingerprint density at radius 3 is 2.31 bits per heavy atom. The molecule has 6 nitrogen and oxygen atoms in total. The highest BCUT2D eigenvalue weighted by atomic mass is 15.1. The van der Waals surface area contributed by atoms with Crippen LogP contribution < -0.4 is 0 Å². The van der Waals surface area contributed by atoms with Crippen LogP contribution in [0.5, 0.6) is 0 Å². The molecule has 0 bridgehead atoms. The number of benzene rings is 2. The van der Waals surface area contributed by atoms with E-state index < -0.39 is 0 Å². The first-order chi connectivity index (χ1) is 15.9. The van der Waals surface area contributed by atoms with Gasteiger partial charge >= 0.3 is 0 Å². The van der Waals surface area contributed by atoms with Crippen LogP contribution in [0.3, 0.4) is 0 Å². The van der Waals surface area contributed by atoms with Crippen molar-refractivity contribution in [3.63, 3.8) is 0 Å². The van der Waals surface area contributed by atoms with Crippen molar-refractivity contribution in [3.05, 3.63) is 110 Å². The number of hydrogen-bond acceptors (Lipinski definition) is 4. The molecule has 0 aliphatic rings. The van der Waals surface area contributed by atoms with Crippen LogP contribution in [0.2, 0.25) is 0 Å². The lowest BCUT2D eigenvalue weighted by Crippen LogP contribution is -1.97. The minimum absolute atomic E-state index is 0.814. The van der Waals surface area contributed by atoms with Crippen molar-refractivity contribution in [1.82, 2.24) is 29.1 Å². The Balaban J connectivity index is 1.45. The first-order valence-corrected chi connectivity index (χ1v) is 10.3. The second-order valence-electron chi connectivity index (χ2n) is 7.40. The zero-order valence-corrected chi connectivity index (χ0v) is 17.1. The van der Waals surface area contributed by atoms with E-state index in [2.05, 4.69) is 54.4 Å². The van der Waals surface area contributed by atoms with Gasteiger partial charge in [-0.1, -0.05) is 18.2 Å². The molecule has 6 rings (SSSR count). The number of para-hydroxylation sites is 2. The summed E-state index contributed by atoms with van der Waals surface area (Å²) in [6.45, 7) is 0. The zero-order valence-electron chi connectivity index (χ0n) is 17.1. The molecule has 0 radical (unpaired) electrons. The van der Waals surface area contributed by atoms with Crippen LogP contribution in [-0.4, -0.2) is 29.1 Å². The van der Waals surface area contributed by atoms with E-state index in [4.69, 9.17) is 4.98 Å². The van der Waals surface area contributed by atoms with E-state index in [9.17, 15) is 0 Å². The molecule has 0 atom stereocenters. The number of pyridine rings is 2. The largest absolute Gasteiger partial charge is 0.299 e. The number of fused-ring (bicyclic) bond motifs is 1. The molecular weight excluding hydrogens is 396 g/mol. The Bertz CT molecular complexity index is 1500. The Kier molecular flexibility index (Phi) is 4.32. The molecule has 0 aliphatic carbocycles. The summed E-state index contributed by atoms with van der Waals surface area (Å²) in [5, 5.41) is 0. The fourth-order valence-electron chi connectivity index (χ4n) is 3.85. The maximum atomic E-state index is 4.92. The average molecular weight is 414 g/mol. The lowest BCUT2D eigenvalue weighted by atomic mass is 10.2. The van der Waals surface area contributed by atoms with Crippen molar-refractivity contribution in [2.24, 2.45) is 0 Å². The molecule has 0 fully saturated rings. The quantitative estimate of drug-likeness (QED) is 0.391. The topological polar surface area (TPSA) is 61.4 Å². The first-order valence-electron chi connectivity index (χ1n) is 10.3. The molecule has 6 aromatic rings. The summed E-state index contributed by atoms with van der Waals surface area (Å²) < 4.78 is 4.14. The number of hydrogen-bond donors (Lipinski definition) is 0. The van der Waals surface area contributed by atoms with E-state index in [1.165, 1.54) is 0 Å². The smallest absolute Gasteiger partial charge is 0.145 e. The number of nitrogens with zero attached hydrogens (tertiary/aromatic N) is 6. The fraction of sp³-hybridized carbons (Fsp3) is 0. The Morgan fingerprint density at radius 1 is 0.625 bits per heavy atom. The van der Waals surface area contributed by atoms with Crippen LogP contribution in [-0.2, 0) is 0 Å². The summed E-state index contributed by atoms with van der Waals surface area (Å²) in [6, 6.07) is 26.2. The number of aromatic nitrogens is 6. The molecule has 32 heavy (non-hydrogen) atoms. The van der Waals surface area contributed by atoms with Gasteiger partial charge in [0.15, 0.2) is 0 Å². The summed E-state index contributed by atoms with van der Waals surface area (Å²) in [4.78, 5) is 18.2. The van der Waals surface area contributed by atoms with Gasteiger partial charge in [-0.3, -0.25) is 19.1 Å². The van der Waals surface area contributed by atoms with Gasteiger partial charge in [-0.25, -0.2) is 9.97 Å². The Morgan fingerprint density at radius 2 is 1.50 bits per heavy atom. The summed E-state index contributed by atoms with van der Waals surface area (Å²) in [5.41, 5.74) is 6.70. The predicted molar refractivity (Wildman–Crippen MR) is 125 cm³/mol. The molecule has 2 aromatic carbocycles. The van der Waals surface area contributed by atoms with Crippen molar-refractivity contribution in [1.29, 1.82) is 0 Å². The van der Waals surface area contributed by atoms with Crippen LogP contribution >= 0.6 is 0 Å². The van der Waals surface area contributed by atoms with Gasteiger partial charge in [-0.15, -0.1) is 0 Å². The molecule has 0 saturated carbocycles. The second-order valence-corrected chi connectivity index (χ2v) is 7.40. The van der Waals surface area contributed by atoms with E-state index in [1.807, 2.05) is 67.3 Å². The maximum Gasteiger partial charge on any atom is 0.145 e. The molecule has 0 aliphatic heterocycles. The van der Waals surface area contributed by atoms with Gasteiger partial charge in [0.25, 0.3) is 0 Å². The van der Waals surface area contributed by atoms with Gasteiger partial charge in [0, 0.05) is 29.8 Å². The van der Waals surface area contributed by atoms with Crippen molar-refractivity contribution < 1.29 is 0 Å². The highest BCUT2D eigenvalue weighted by Crippen LogP contribution is 2.28. The molecule has 0 saturated heterocycles. The second kappa shape index (κ2) is 7.59. The standard InChI is InChI=1S/C26H18N6/c1-2-9-25-23(8-1)29-18-32(25)20-12-10-19(11-13-20)26-30-24(22-7-3-4-15-28-22)17-31(26)21-6-5-14-27-16-21/h1-18H. The third-order valence-electron chi connectivity index (χ3n) is 5.41. The molecule has 152 valence electrons. The number of rotatable bonds is 4. The molecule has 4 aromatic heterocycles. The summed E-state index contributed by atoms with van der Waals surface area (Å²) in [7, 11) is 0. The predicted octanol–water partition coefficient (Wildman–Crippen LogP) is 5.34.